The third kappa shape index (κ3) is 16.7. The van der Waals surface area contributed by atoms with Crippen LogP contribution in [0.2, 0.25) is 8.67 Å². The van der Waals surface area contributed by atoms with Gasteiger partial charge in [-0.05, 0) is 104 Å². The molecule has 6 N–H and O–H groups in total. The van der Waals surface area contributed by atoms with Crippen molar-refractivity contribution in [1.82, 2.24) is 39.6 Å². The van der Waals surface area contributed by atoms with Crippen LogP contribution in [0.25, 0.3) is 0 Å². The van der Waals surface area contributed by atoms with Gasteiger partial charge in [-0.1, -0.05) is 23.2 Å². The van der Waals surface area contributed by atoms with Crippen molar-refractivity contribution in [2.45, 2.75) is 78.3 Å². The van der Waals surface area contributed by atoms with Gasteiger partial charge in [-0.15, -0.1) is 22.7 Å². The van der Waals surface area contributed by atoms with Crippen LogP contribution in [0.15, 0.2) is 36.4 Å². The van der Waals surface area contributed by atoms with E-state index < -0.39 is 16.8 Å². The summed E-state index contributed by atoms with van der Waals surface area (Å²) in [6.45, 7) is 16.8. The Balaban J connectivity index is 0.000000205. The Morgan fingerprint density at radius 1 is 0.704 bits per heavy atom. The highest BCUT2D eigenvalue weighted by Crippen LogP contribution is 2.32. The average Bonchev–Trinajstić information content (AvgIpc) is 4.22. The molecular formula is C48H70Cl2N10O9S2. The number of H-pyrrole nitrogens is 1. The van der Waals surface area contributed by atoms with Gasteiger partial charge in [0.15, 0.2) is 0 Å². The number of anilines is 2. The maximum Gasteiger partial charge on any atom is 0.311 e. The molecule has 71 heavy (non-hydrogen) atoms. The van der Waals surface area contributed by atoms with Crippen LogP contribution in [0.5, 0.6) is 0 Å². The van der Waals surface area contributed by atoms with Crippen LogP contribution >= 0.6 is 45.9 Å². The van der Waals surface area contributed by atoms with Crippen LogP contribution in [-0.2, 0) is 36.9 Å². The average molecular weight is 1070 g/mol. The summed E-state index contributed by atoms with van der Waals surface area (Å²) < 4.78 is 13.6. The molecule has 2 amide bonds. The number of hydrogen-bond acceptors (Lipinski definition) is 16. The van der Waals surface area contributed by atoms with E-state index in [1.807, 2.05) is 40.1 Å². The molecule has 8 rings (SSSR count). The topological polar surface area (TPSA) is 231 Å². The number of piperidine rings is 2. The van der Waals surface area contributed by atoms with Gasteiger partial charge in [-0.3, -0.25) is 34.1 Å². The number of morpholine rings is 2. The molecule has 4 fully saturated rings. The zero-order valence-electron chi connectivity index (χ0n) is 41.2. The fourth-order valence-corrected chi connectivity index (χ4v) is 10.2. The molecule has 0 bridgehead atoms. The molecule has 0 spiro atoms. The lowest BCUT2D eigenvalue weighted by Crippen LogP contribution is -2.47. The van der Waals surface area contributed by atoms with Crippen LogP contribution in [0, 0.1) is 10.8 Å². The predicted molar refractivity (Wildman–Crippen MR) is 276 cm³/mol. The van der Waals surface area contributed by atoms with Crippen LogP contribution in [-0.4, -0.2) is 184 Å². The van der Waals surface area contributed by atoms with E-state index in [1.54, 1.807) is 25.2 Å². The van der Waals surface area contributed by atoms with Crippen molar-refractivity contribution in [3.8, 4) is 0 Å². The molecule has 4 aliphatic heterocycles. The molecule has 0 unspecified atom stereocenters. The van der Waals surface area contributed by atoms with Crippen molar-refractivity contribution in [1.29, 1.82) is 0 Å². The summed E-state index contributed by atoms with van der Waals surface area (Å²) in [5.74, 6) is 1.30. The normalized spacial score (nSPS) is 17.7. The molecule has 392 valence electrons. The van der Waals surface area contributed by atoms with Gasteiger partial charge in [0.05, 0.1) is 91.0 Å². The van der Waals surface area contributed by atoms with Crippen molar-refractivity contribution >= 4 is 81.2 Å². The maximum atomic E-state index is 13.2. The molecule has 23 heteroatoms. The number of carbonyl (C=O) groups excluding carboxylic acids is 3. The first kappa shape index (κ1) is 56.1. The lowest BCUT2D eigenvalue weighted by molar-refractivity contribution is -0.149. The van der Waals surface area contributed by atoms with Crippen molar-refractivity contribution in [2.75, 3.05) is 116 Å². The van der Waals surface area contributed by atoms with Gasteiger partial charge >= 0.3 is 5.97 Å². The first-order valence-electron chi connectivity index (χ1n) is 24.2. The second-order valence-electron chi connectivity index (χ2n) is 19.5. The number of carbonyl (C=O) groups is 4. The predicted octanol–water partition coefficient (Wildman–Crippen LogP) is 5.77. The second-order valence-corrected chi connectivity index (χ2v) is 23.1. The highest BCUT2D eigenvalue weighted by atomic mass is 35.5. The molecule has 0 saturated carbocycles. The molecule has 4 aliphatic rings. The van der Waals surface area contributed by atoms with Gasteiger partial charge in [0, 0.05) is 65.6 Å². The fourth-order valence-electron chi connectivity index (χ4n) is 8.18. The van der Waals surface area contributed by atoms with E-state index >= 15 is 0 Å². The zero-order valence-corrected chi connectivity index (χ0v) is 44.3. The number of aliphatic carboxylic acids is 1. The molecule has 0 aliphatic carbocycles. The van der Waals surface area contributed by atoms with Gasteiger partial charge in [0.2, 0.25) is 11.8 Å². The summed E-state index contributed by atoms with van der Waals surface area (Å²) >= 11 is 15.1. The van der Waals surface area contributed by atoms with Crippen LogP contribution in [0.1, 0.15) is 91.2 Å². The van der Waals surface area contributed by atoms with Crippen LogP contribution in [0.4, 0.5) is 11.6 Å². The number of nitrogens with zero attached hydrogens (tertiary/aromatic N) is 7. The number of aliphatic hydroxyl groups excluding tert-OH is 2. The Hall–Kier alpha value is -4.16. The van der Waals surface area contributed by atoms with E-state index in [-0.39, 0.29) is 36.9 Å². The number of halogens is 2. The second kappa shape index (κ2) is 26.7. The van der Waals surface area contributed by atoms with E-state index in [4.69, 9.17) is 42.9 Å². The number of aliphatic hydroxyl groups is 2. The Labute approximate surface area is 433 Å². The Morgan fingerprint density at radius 2 is 1.18 bits per heavy atom. The van der Waals surface area contributed by atoms with Crippen molar-refractivity contribution < 1.29 is 44.0 Å². The number of aromatic nitrogens is 4. The summed E-state index contributed by atoms with van der Waals surface area (Å²) in [5.41, 5.74) is 0.0960. The molecular weight excluding hydrogens is 996 g/mol. The van der Waals surface area contributed by atoms with Gasteiger partial charge in [-0.25, -0.2) is 0 Å². The SMILES string of the molecule is CC(C)(CO)C(=O)O.CC(C)(CO)C(=O)n1nc(C2CCN(CC(=O)N3CCOCC3)CC2)cc1NCc1ccc(Cl)s1.O=C(CN1CCC(c2cc(NCc3ccc(Cl)s3)n[nH]2)CC1)N1CCOCC1. The van der Waals surface area contributed by atoms with E-state index in [0.717, 1.165) is 92.2 Å². The highest BCUT2D eigenvalue weighted by Gasteiger charge is 2.33. The largest absolute Gasteiger partial charge is 0.481 e. The van der Waals surface area contributed by atoms with Crippen molar-refractivity contribution in [3.05, 3.63) is 66.2 Å². The minimum Gasteiger partial charge on any atom is -0.481 e. The third-order valence-corrected chi connectivity index (χ3v) is 15.6. The monoisotopic (exact) mass is 1060 g/mol. The molecule has 4 aromatic rings. The van der Waals surface area contributed by atoms with Crippen LogP contribution in [0.3, 0.4) is 0 Å². The van der Waals surface area contributed by atoms with Gasteiger partial charge in [0.1, 0.15) is 11.6 Å². The number of aromatic amines is 1. The number of ether oxygens (including phenoxy) is 2. The van der Waals surface area contributed by atoms with Crippen LogP contribution < -0.4 is 10.6 Å². The summed E-state index contributed by atoms with van der Waals surface area (Å²) in [4.78, 5) is 58.8. The molecule has 0 radical (unpaired) electrons. The lowest BCUT2D eigenvalue weighted by atomic mass is 9.93. The number of amides is 2. The van der Waals surface area contributed by atoms with E-state index in [1.165, 1.54) is 40.4 Å². The minimum atomic E-state index is -0.986. The highest BCUT2D eigenvalue weighted by molar-refractivity contribution is 7.16. The first-order chi connectivity index (χ1) is 33.9. The minimum absolute atomic E-state index is 0.160. The summed E-state index contributed by atoms with van der Waals surface area (Å²) in [6.07, 6.45) is 3.81. The Morgan fingerprint density at radius 3 is 1.62 bits per heavy atom. The molecule has 4 saturated heterocycles. The van der Waals surface area contributed by atoms with E-state index in [0.29, 0.717) is 75.2 Å². The number of hydrogen-bond donors (Lipinski definition) is 6. The van der Waals surface area contributed by atoms with Crippen molar-refractivity contribution in [2.24, 2.45) is 10.8 Å². The summed E-state index contributed by atoms with van der Waals surface area (Å²) in [7, 11) is 0. The van der Waals surface area contributed by atoms with E-state index in [2.05, 4.69) is 41.8 Å². The summed E-state index contributed by atoms with van der Waals surface area (Å²) in [6, 6.07) is 11.8. The Kier molecular flexibility index (Phi) is 21.1. The number of rotatable bonds is 16. The summed E-state index contributed by atoms with van der Waals surface area (Å²) in [5, 5.41) is 45.3. The van der Waals surface area contributed by atoms with Gasteiger partial charge in [0.25, 0.3) is 5.91 Å². The number of carboxylic acid groups (broad SMARTS) is 1. The molecule has 0 aromatic carbocycles. The number of likely N-dealkylation sites (tertiary alicyclic amines) is 2. The molecule has 4 aromatic heterocycles. The fraction of sp³-hybridized carbons (Fsp3) is 0.625. The maximum absolute atomic E-state index is 13.2. The molecule has 0 atom stereocenters. The lowest BCUT2D eigenvalue weighted by Gasteiger charge is -2.33. The number of thiophene rings is 2. The first-order valence-corrected chi connectivity index (χ1v) is 26.6. The van der Waals surface area contributed by atoms with Gasteiger partial charge in [-0.2, -0.15) is 14.9 Å². The van der Waals surface area contributed by atoms with Crippen molar-refractivity contribution in [3.63, 3.8) is 0 Å². The Bertz CT molecular complexity index is 2330. The van der Waals surface area contributed by atoms with Gasteiger partial charge < -0.3 is 45.2 Å². The standard InChI is InChI=1S/C24H34ClN5O4S.C19H26ClN5O2S.C5H10O3/c1-24(2,16-31)23(33)30-21(26-14-18-3-4-20(25)35-18)13-19(27-30)17-5-7-28(8-6-17)15-22(32)29-9-11-34-12-10-29;20-17-2-1-15(28-17)12-21-18-11-16(22-23-18)14-3-5-24(6-4-14)13-19(26)25-7-9-27-10-8-25;1-5(2,3-6)4(7)8/h3-4,13,17,26,31H,5-12,14-16H2,1-2H3;1-2,11,14H,3-10,12-13H2,(H2,21,22,23);6H,3H2,1-2H3,(H,7,8). The van der Waals surface area contributed by atoms with E-state index in [9.17, 15) is 24.3 Å². The quantitative estimate of drug-likeness (QED) is 0.0783. The zero-order chi connectivity index (χ0) is 51.1. The number of nitrogens with one attached hydrogen (secondary N) is 3. The smallest absolute Gasteiger partial charge is 0.311 e. The third-order valence-electron chi connectivity index (χ3n) is 13.1. The molecule has 19 nitrogen and oxygen atoms in total. The number of carboxylic acids is 1. The molecule has 8 heterocycles.